The van der Waals surface area contributed by atoms with Crippen LogP contribution < -0.4 is 10.6 Å². The SMILES string of the molecule is CNCC1C(=O)NC(C)CCN1Cc1ccccc1. The zero-order valence-corrected chi connectivity index (χ0v) is 11.7. The Morgan fingerprint density at radius 3 is 2.79 bits per heavy atom. The van der Waals surface area contributed by atoms with Crippen LogP contribution in [0.4, 0.5) is 0 Å². The first-order chi connectivity index (χ1) is 9.20. The fourth-order valence-electron chi connectivity index (χ4n) is 2.51. The van der Waals surface area contributed by atoms with Crippen LogP contribution in [0.15, 0.2) is 30.3 Å². The van der Waals surface area contributed by atoms with Crippen molar-refractivity contribution in [1.82, 2.24) is 15.5 Å². The van der Waals surface area contributed by atoms with Gasteiger partial charge in [0.05, 0.1) is 0 Å². The molecule has 1 heterocycles. The van der Waals surface area contributed by atoms with Crippen LogP contribution >= 0.6 is 0 Å². The summed E-state index contributed by atoms with van der Waals surface area (Å²) in [5, 5.41) is 6.20. The number of nitrogens with zero attached hydrogens (tertiary/aromatic N) is 1. The van der Waals surface area contributed by atoms with Gasteiger partial charge in [0.2, 0.25) is 5.91 Å². The molecule has 2 unspecified atom stereocenters. The molecule has 1 amide bonds. The number of nitrogens with one attached hydrogen (secondary N) is 2. The van der Waals surface area contributed by atoms with E-state index in [2.05, 4.69) is 34.6 Å². The van der Waals surface area contributed by atoms with Crippen molar-refractivity contribution >= 4 is 5.91 Å². The molecule has 1 aromatic carbocycles. The predicted octanol–water partition coefficient (Wildman–Crippen LogP) is 0.985. The van der Waals surface area contributed by atoms with E-state index >= 15 is 0 Å². The first-order valence-corrected chi connectivity index (χ1v) is 6.93. The third-order valence-electron chi connectivity index (χ3n) is 3.61. The molecule has 0 radical (unpaired) electrons. The Morgan fingerprint density at radius 1 is 1.37 bits per heavy atom. The average molecular weight is 261 g/mol. The van der Waals surface area contributed by atoms with Gasteiger partial charge in [0, 0.05) is 25.7 Å². The van der Waals surface area contributed by atoms with Gasteiger partial charge in [-0.1, -0.05) is 30.3 Å². The highest BCUT2D eigenvalue weighted by Gasteiger charge is 2.29. The third-order valence-corrected chi connectivity index (χ3v) is 3.61. The molecule has 2 rings (SSSR count). The summed E-state index contributed by atoms with van der Waals surface area (Å²) in [4.78, 5) is 14.5. The normalized spacial score (nSPS) is 24.8. The summed E-state index contributed by atoms with van der Waals surface area (Å²) in [5.41, 5.74) is 1.26. The number of hydrogen-bond acceptors (Lipinski definition) is 3. The topological polar surface area (TPSA) is 44.4 Å². The molecule has 1 aromatic rings. The second-order valence-electron chi connectivity index (χ2n) is 5.23. The lowest BCUT2D eigenvalue weighted by Crippen LogP contribution is -2.49. The maximum Gasteiger partial charge on any atom is 0.238 e. The van der Waals surface area contributed by atoms with Crippen LogP contribution in [0.2, 0.25) is 0 Å². The molecular weight excluding hydrogens is 238 g/mol. The number of carbonyl (C=O) groups is 1. The fraction of sp³-hybridized carbons (Fsp3) is 0.533. The summed E-state index contributed by atoms with van der Waals surface area (Å²) in [6.07, 6.45) is 0.999. The molecule has 4 heteroatoms. The summed E-state index contributed by atoms with van der Waals surface area (Å²) in [5.74, 6) is 0.135. The molecule has 1 aliphatic rings. The summed E-state index contributed by atoms with van der Waals surface area (Å²) in [6, 6.07) is 10.5. The van der Waals surface area contributed by atoms with E-state index in [-0.39, 0.29) is 18.0 Å². The van der Waals surface area contributed by atoms with E-state index in [1.165, 1.54) is 5.56 Å². The van der Waals surface area contributed by atoms with Crippen molar-refractivity contribution in [2.75, 3.05) is 20.1 Å². The highest BCUT2D eigenvalue weighted by atomic mass is 16.2. The summed E-state index contributed by atoms with van der Waals surface area (Å²) in [6.45, 7) is 4.53. The standard InChI is InChI=1S/C15H23N3O/c1-12-8-9-18(11-13-6-4-3-5-7-13)14(10-16-2)15(19)17-12/h3-7,12,14,16H,8-11H2,1-2H3,(H,17,19). The van der Waals surface area contributed by atoms with Crippen LogP contribution in [0.25, 0.3) is 0 Å². The summed E-state index contributed by atoms with van der Waals surface area (Å²) >= 11 is 0. The zero-order chi connectivity index (χ0) is 13.7. The summed E-state index contributed by atoms with van der Waals surface area (Å²) in [7, 11) is 1.89. The first kappa shape index (κ1) is 14.0. The Labute approximate surface area is 115 Å². The Morgan fingerprint density at radius 2 is 2.11 bits per heavy atom. The van der Waals surface area contributed by atoms with Gasteiger partial charge in [-0.2, -0.15) is 0 Å². The van der Waals surface area contributed by atoms with Crippen molar-refractivity contribution in [2.24, 2.45) is 0 Å². The molecule has 2 atom stereocenters. The number of benzene rings is 1. The monoisotopic (exact) mass is 261 g/mol. The lowest BCUT2D eigenvalue weighted by atomic mass is 10.1. The fourth-order valence-corrected chi connectivity index (χ4v) is 2.51. The lowest BCUT2D eigenvalue weighted by molar-refractivity contribution is -0.125. The zero-order valence-electron chi connectivity index (χ0n) is 11.7. The van der Waals surface area contributed by atoms with Crippen molar-refractivity contribution in [3.63, 3.8) is 0 Å². The van der Waals surface area contributed by atoms with Gasteiger partial charge in [0.1, 0.15) is 6.04 Å². The van der Waals surface area contributed by atoms with Gasteiger partial charge in [-0.15, -0.1) is 0 Å². The first-order valence-electron chi connectivity index (χ1n) is 6.93. The van der Waals surface area contributed by atoms with Crippen LogP contribution in [0.5, 0.6) is 0 Å². The van der Waals surface area contributed by atoms with Crippen molar-refractivity contribution < 1.29 is 4.79 Å². The number of rotatable bonds is 4. The highest BCUT2D eigenvalue weighted by molar-refractivity contribution is 5.82. The molecule has 0 aromatic heterocycles. The highest BCUT2D eigenvalue weighted by Crippen LogP contribution is 2.13. The van der Waals surface area contributed by atoms with Gasteiger partial charge in [-0.25, -0.2) is 0 Å². The Hall–Kier alpha value is -1.39. The minimum atomic E-state index is -0.0878. The molecule has 2 N–H and O–H groups in total. The molecule has 104 valence electrons. The van der Waals surface area contributed by atoms with Gasteiger partial charge in [0.15, 0.2) is 0 Å². The van der Waals surface area contributed by atoms with Crippen molar-refractivity contribution in [2.45, 2.75) is 32.0 Å². The minimum Gasteiger partial charge on any atom is -0.352 e. The van der Waals surface area contributed by atoms with Crippen LogP contribution in [-0.4, -0.2) is 43.0 Å². The van der Waals surface area contributed by atoms with Gasteiger partial charge in [-0.3, -0.25) is 9.69 Å². The second-order valence-corrected chi connectivity index (χ2v) is 5.23. The van der Waals surface area contributed by atoms with Crippen molar-refractivity contribution in [3.05, 3.63) is 35.9 Å². The number of likely N-dealkylation sites (N-methyl/N-ethyl adjacent to an activating group) is 1. The van der Waals surface area contributed by atoms with E-state index in [1.807, 2.05) is 25.2 Å². The van der Waals surface area contributed by atoms with E-state index in [0.717, 1.165) is 19.5 Å². The van der Waals surface area contributed by atoms with Crippen LogP contribution in [0.1, 0.15) is 18.9 Å². The minimum absolute atomic E-state index is 0.0878. The molecule has 4 nitrogen and oxygen atoms in total. The third kappa shape index (κ3) is 3.78. The van der Waals surface area contributed by atoms with Crippen LogP contribution in [-0.2, 0) is 11.3 Å². The molecular formula is C15H23N3O. The van der Waals surface area contributed by atoms with E-state index < -0.39 is 0 Å². The van der Waals surface area contributed by atoms with Gasteiger partial charge >= 0.3 is 0 Å². The van der Waals surface area contributed by atoms with Gasteiger partial charge in [-0.05, 0) is 26.0 Å². The maximum atomic E-state index is 12.2. The molecule has 0 saturated carbocycles. The predicted molar refractivity (Wildman–Crippen MR) is 76.8 cm³/mol. The molecule has 1 aliphatic heterocycles. The quantitative estimate of drug-likeness (QED) is 0.849. The van der Waals surface area contributed by atoms with Gasteiger partial charge in [0.25, 0.3) is 0 Å². The van der Waals surface area contributed by atoms with Crippen molar-refractivity contribution in [1.29, 1.82) is 0 Å². The lowest BCUT2D eigenvalue weighted by Gasteiger charge is -2.28. The largest absolute Gasteiger partial charge is 0.352 e. The molecule has 0 bridgehead atoms. The number of hydrogen-bond donors (Lipinski definition) is 2. The van der Waals surface area contributed by atoms with E-state index in [4.69, 9.17) is 0 Å². The molecule has 19 heavy (non-hydrogen) atoms. The number of amides is 1. The Balaban J connectivity index is 2.12. The molecule has 1 saturated heterocycles. The van der Waals surface area contributed by atoms with E-state index in [0.29, 0.717) is 6.54 Å². The Bertz CT molecular complexity index is 407. The average Bonchev–Trinajstić information content (AvgIpc) is 2.53. The second kappa shape index (κ2) is 6.68. The molecule has 1 fully saturated rings. The van der Waals surface area contributed by atoms with E-state index in [1.54, 1.807) is 0 Å². The van der Waals surface area contributed by atoms with E-state index in [9.17, 15) is 4.79 Å². The van der Waals surface area contributed by atoms with Crippen LogP contribution in [0, 0.1) is 0 Å². The smallest absolute Gasteiger partial charge is 0.238 e. The van der Waals surface area contributed by atoms with Crippen LogP contribution in [0.3, 0.4) is 0 Å². The maximum absolute atomic E-state index is 12.2. The molecule has 0 spiro atoms. The van der Waals surface area contributed by atoms with Gasteiger partial charge < -0.3 is 10.6 Å². The number of carbonyl (C=O) groups excluding carboxylic acids is 1. The molecule has 0 aliphatic carbocycles. The Kier molecular flexibility index (Phi) is 4.93. The summed E-state index contributed by atoms with van der Waals surface area (Å²) < 4.78 is 0. The van der Waals surface area contributed by atoms with Crippen molar-refractivity contribution in [3.8, 4) is 0 Å².